The van der Waals surface area contributed by atoms with E-state index in [9.17, 15) is 0 Å². The maximum Gasteiger partial charge on any atom is 0.0448 e. The van der Waals surface area contributed by atoms with Gasteiger partial charge in [0.25, 0.3) is 0 Å². The molecule has 17 heavy (non-hydrogen) atoms. The third-order valence-corrected chi connectivity index (χ3v) is 4.48. The second-order valence-electron chi connectivity index (χ2n) is 5.19. The van der Waals surface area contributed by atoms with E-state index in [1.165, 1.54) is 23.3 Å². The van der Waals surface area contributed by atoms with Gasteiger partial charge < -0.3 is 5.73 Å². The Kier molecular flexibility index (Phi) is 6.07. The lowest BCUT2D eigenvalue weighted by atomic mass is 10.0. The Morgan fingerprint density at radius 3 is 2.35 bits per heavy atom. The van der Waals surface area contributed by atoms with Crippen LogP contribution in [0.4, 0.5) is 0 Å². The molecule has 0 aromatic heterocycles. The summed E-state index contributed by atoms with van der Waals surface area (Å²) in [6.45, 7) is 8.83. The van der Waals surface area contributed by atoms with Crippen molar-refractivity contribution >= 4 is 11.8 Å². The van der Waals surface area contributed by atoms with Crippen molar-refractivity contribution in [1.29, 1.82) is 0 Å². The molecule has 0 heterocycles. The fraction of sp³-hybridized carbons (Fsp3) is 0.600. The highest BCUT2D eigenvalue weighted by atomic mass is 32.2. The molecule has 2 atom stereocenters. The van der Waals surface area contributed by atoms with Crippen LogP contribution in [0.3, 0.4) is 0 Å². The fourth-order valence-electron chi connectivity index (χ4n) is 1.86. The summed E-state index contributed by atoms with van der Waals surface area (Å²) in [5, 5.41) is 0.426. The highest BCUT2D eigenvalue weighted by Crippen LogP contribution is 2.34. The summed E-state index contributed by atoms with van der Waals surface area (Å²) in [4.78, 5) is 0. The topological polar surface area (TPSA) is 26.0 Å². The second kappa shape index (κ2) is 7.07. The normalized spacial score (nSPS) is 14.9. The van der Waals surface area contributed by atoms with Crippen molar-refractivity contribution in [3.05, 3.63) is 35.4 Å². The summed E-state index contributed by atoms with van der Waals surface area (Å²) in [5.41, 5.74) is 8.89. The number of rotatable bonds is 6. The van der Waals surface area contributed by atoms with E-state index < -0.39 is 0 Å². The molecule has 0 saturated heterocycles. The molecule has 2 unspecified atom stereocenters. The van der Waals surface area contributed by atoms with Crippen LogP contribution in [0.2, 0.25) is 0 Å². The van der Waals surface area contributed by atoms with Crippen molar-refractivity contribution in [2.75, 3.05) is 5.75 Å². The summed E-state index contributed by atoms with van der Waals surface area (Å²) in [6, 6.07) is 8.80. The quantitative estimate of drug-likeness (QED) is 0.821. The van der Waals surface area contributed by atoms with Gasteiger partial charge >= 0.3 is 0 Å². The zero-order chi connectivity index (χ0) is 12.8. The van der Waals surface area contributed by atoms with Crippen LogP contribution < -0.4 is 5.73 Å². The Labute approximate surface area is 110 Å². The van der Waals surface area contributed by atoms with Crippen LogP contribution in [-0.4, -0.2) is 11.8 Å². The van der Waals surface area contributed by atoms with E-state index in [4.69, 9.17) is 5.73 Å². The molecule has 0 saturated carbocycles. The van der Waals surface area contributed by atoms with Crippen molar-refractivity contribution in [2.45, 2.75) is 45.4 Å². The van der Waals surface area contributed by atoms with Crippen molar-refractivity contribution in [3.8, 4) is 0 Å². The largest absolute Gasteiger partial charge is 0.327 e. The standard InChI is InChI=1S/C15H25NS/c1-11(2)9-10-17-15(13(4)16)14-8-6-5-7-12(14)3/h5-8,11,13,15H,9-10,16H2,1-4H3. The smallest absolute Gasteiger partial charge is 0.0448 e. The summed E-state index contributed by atoms with van der Waals surface area (Å²) >= 11 is 2.00. The van der Waals surface area contributed by atoms with Gasteiger partial charge in [0.2, 0.25) is 0 Å². The first-order valence-electron chi connectivity index (χ1n) is 6.45. The Bertz CT molecular complexity index is 333. The van der Waals surface area contributed by atoms with Crippen LogP contribution in [0.15, 0.2) is 24.3 Å². The Hall–Kier alpha value is -0.470. The molecule has 1 nitrogen and oxygen atoms in total. The minimum atomic E-state index is 0.202. The van der Waals surface area contributed by atoms with E-state index in [0.29, 0.717) is 5.25 Å². The Morgan fingerprint density at radius 2 is 1.82 bits per heavy atom. The van der Waals surface area contributed by atoms with Crippen molar-refractivity contribution in [1.82, 2.24) is 0 Å². The lowest BCUT2D eigenvalue weighted by Gasteiger charge is -2.23. The first-order chi connectivity index (χ1) is 8.02. The van der Waals surface area contributed by atoms with Gasteiger partial charge in [-0.25, -0.2) is 0 Å². The van der Waals surface area contributed by atoms with E-state index in [0.717, 1.165) is 5.92 Å². The summed E-state index contributed by atoms with van der Waals surface area (Å²) < 4.78 is 0. The minimum Gasteiger partial charge on any atom is -0.327 e. The Morgan fingerprint density at radius 1 is 1.18 bits per heavy atom. The van der Waals surface area contributed by atoms with Gasteiger partial charge in [0, 0.05) is 11.3 Å². The van der Waals surface area contributed by atoms with Crippen LogP contribution in [0, 0.1) is 12.8 Å². The first kappa shape index (κ1) is 14.6. The molecule has 2 heteroatoms. The molecule has 96 valence electrons. The first-order valence-corrected chi connectivity index (χ1v) is 7.50. The molecule has 0 aliphatic carbocycles. The van der Waals surface area contributed by atoms with E-state index in [2.05, 4.69) is 52.0 Å². The lowest BCUT2D eigenvalue weighted by Crippen LogP contribution is -2.23. The van der Waals surface area contributed by atoms with Gasteiger partial charge in [-0.05, 0) is 43.1 Å². The van der Waals surface area contributed by atoms with Crippen LogP contribution in [-0.2, 0) is 0 Å². The predicted octanol–water partition coefficient (Wildman–Crippen LogP) is 4.16. The van der Waals surface area contributed by atoms with E-state index >= 15 is 0 Å². The number of hydrogen-bond acceptors (Lipinski definition) is 2. The molecule has 0 aliphatic heterocycles. The van der Waals surface area contributed by atoms with E-state index in [1.54, 1.807) is 0 Å². The zero-order valence-electron chi connectivity index (χ0n) is 11.4. The molecule has 0 fully saturated rings. The average Bonchev–Trinajstić information content (AvgIpc) is 2.25. The monoisotopic (exact) mass is 251 g/mol. The van der Waals surface area contributed by atoms with Crippen molar-refractivity contribution < 1.29 is 0 Å². The fourth-order valence-corrected chi connectivity index (χ4v) is 3.47. The van der Waals surface area contributed by atoms with Crippen molar-refractivity contribution in [3.63, 3.8) is 0 Å². The van der Waals surface area contributed by atoms with E-state index in [-0.39, 0.29) is 6.04 Å². The number of thioether (sulfide) groups is 1. The maximum atomic E-state index is 6.13. The van der Waals surface area contributed by atoms with Gasteiger partial charge in [-0.2, -0.15) is 11.8 Å². The predicted molar refractivity (Wildman–Crippen MR) is 79.5 cm³/mol. The maximum absolute atomic E-state index is 6.13. The van der Waals surface area contributed by atoms with Crippen LogP contribution in [0.25, 0.3) is 0 Å². The number of aryl methyl sites for hydroxylation is 1. The molecule has 0 amide bonds. The van der Waals surface area contributed by atoms with Gasteiger partial charge in [0.05, 0.1) is 0 Å². The zero-order valence-corrected chi connectivity index (χ0v) is 12.3. The summed E-state index contributed by atoms with van der Waals surface area (Å²) in [7, 11) is 0. The van der Waals surface area contributed by atoms with Crippen LogP contribution in [0.5, 0.6) is 0 Å². The molecule has 0 radical (unpaired) electrons. The molecule has 2 N–H and O–H groups in total. The highest BCUT2D eigenvalue weighted by molar-refractivity contribution is 7.99. The average molecular weight is 251 g/mol. The Balaban J connectivity index is 2.69. The van der Waals surface area contributed by atoms with Crippen LogP contribution in [0.1, 0.15) is 43.6 Å². The third kappa shape index (κ3) is 4.72. The van der Waals surface area contributed by atoms with Gasteiger partial charge in [0.1, 0.15) is 0 Å². The summed E-state index contributed by atoms with van der Waals surface area (Å²) in [6.07, 6.45) is 1.26. The number of hydrogen-bond donors (Lipinski definition) is 1. The van der Waals surface area contributed by atoms with Gasteiger partial charge in [0.15, 0.2) is 0 Å². The second-order valence-corrected chi connectivity index (χ2v) is 6.44. The highest BCUT2D eigenvalue weighted by Gasteiger charge is 2.18. The van der Waals surface area contributed by atoms with Crippen LogP contribution >= 0.6 is 11.8 Å². The van der Waals surface area contributed by atoms with Gasteiger partial charge in [-0.15, -0.1) is 0 Å². The molecule has 0 spiro atoms. The van der Waals surface area contributed by atoms with E-state index in [1.807, 2.05) is 11.8 Å². The minimum absolute atomic E-state index is 0.202. The lowest BCUT2D eigenvalue weighted by molar-refractivity contribution is 0.629. The molecule has 1 rings (SSSR count). The summed E-state index contributed by atoms with van der Waals surface area (Å²) in [5.74, 6) is 1.96. The SMILES string of the molecule is Cc1ccccc1C(SCCC(C)C)C(C)N. The van der Waals surface area contributed by atoms with Crippen molar-refractivity contribution in [2.24, 2.45) is 11.7 Å². The number of nitrogens with two attached hydrogens (primary N) is 1. The third-order valence-electron chi connectivity index (χ3n) is 2.97. The molecular formula is C15H25NS. The molecule has 0 bridgehead atoms. The molecule has 0 aliphatic rings. The molecule has 1 aromatic rings. The number of benzene rings is 1. The van der Waals surface area contributed by atoms with Gasteiger partial charge in [-0.1, -0.05) is 38.1 Å². The molecule has 1 aromatic carbocycles. The molecular weight excluding hydrogens is 226 g/mol. The van der Waals surface area contributed by atoms with Gasteiger partial charge in [-0.3, -0.25) is 0 Å².